The summed E-state index contributed by atoms with van der Waals surface area (Å²) < 4.78 is 35.1. The van der Waals surface area contributed by atoms with Crippen molar-refractivity contribution in [3.63, 3.8) is 0 Å². The highest BCUT2D eigenvalue weighted by Crippen LogP contribution is 2.33. The lowest BCUT2D eigenvalue weighted by Crippen LogP contribution is -2.45. The molecule has 0 aromatic heterocycles. The number of benzene rings is 1. The second-order valence-corrected chi connectivity index (χ2v) is 6.79. The van der Waals surface area contributed by atoms with E-state index in [-0.39, 0.29) is 11.9 Å². The summed E-state index contributed by atoms with van der Waals surface area (Å²) in [4.78, 5) is 12.6. The lowest BCUT2D eigenvalue weighted by molar-refractivity contribution is -0.143. The van der Waals surface area contributed by atoms with Crippen LogP contribution in [0.25, 0.3) is 0 Å². The van der Waals surface area contributed by atoms with Gasteiger partial charge in [0.05, 0.1) is 17.7 Å². The SMILES string of the molecule is CC1=C(C(=O)OC(C)C)[C@@H](c2cc(C)c(OC(F)F)c(C)c2)NC(=S)N1. The molecule has 26 heavy (non-hydrogen) atoms. The first-order valence-corrected chi connectivity index (χ1v) is 8.56. The maximum atomic E-state index is 12.6. The average molecular weight is 384 g/mol. The summed E-state index contributed by atoms with van der Waals surface area (Å²) in [6, 6.07) is 2.85. The number of allylic oxidation sites excluding steroid dienone is 1. The third kappa shape index (κ3) is 4.49. The fraction of sp³-hybridized carbons (Fsp3) is 0.444. The summed E-state index contributed by atoms with van der Waals surface area (Å²) in [7, 11) is 0. The molecule has 2 rings (SSSR count). The van der Waals surface area contributed by atoms with E-state index in [1.54, 1.807) is 46.8 Å². The Labute approximate surface area is 156 Å². The van der Waals surface area contributed by atoms with Gasteiger partial charge in [-0.05, 0) is 75.7 Å². The first-order chi connectivity index (χ1) is 12.1. The lowest BCUT2D eigenvalue weighted by atomic mass is 9.92. The molecule has 0 saturated heterocycles. The van der Waals surface area contributed by atoms with Crippen LogP contribution >= 0.6 is 12.2 Å². The Kier molecular flexibility index (Phi) is 6.17. The molecule has 0 fully saturated rings. The fourth-order valence-electron chi connectivity index (χ4n) is 2.92. The number of thiocarbonyl (C=S) groups is 1. The normalized spacial score (nSPS) is 17.3. The molecule has 1 aromatic carbocycles. The number of halogens is 2. The topological polar surface area (TPSA) is 59.6 Å². The first kappa shape index (κ1) is 20.1. The molecular formula is C18H22F2N2O3S. The molecule has 0 radical (unpaired) electrons. The van der Waals surface area contributed by atoms with Gasteiger partial charge in [0.1, 0.15) is 5.75 Å². The zero-order chi connectivity index (χ0) is 19.6. The molecular weight excluding hydrogens is 362 g/mol. The Morgan fingerprint density at radius 3 is 2.27 bits per heavy atom. The third-order valence-corrected chi connectivity index (χ3v) is 4.07. The quantitative estimate of drug-likeness (QED) is 0.597. The molecule has 1 aromatic rings. The van der Waals surface area contributed by atoms with E-state index < -0.39 is 18.6 Å². The van der Waals surface area contributed by atoms with Gasteiger partial charge in [-0.2, -0.15) is 8.78 Å². The summed E-state index contributed by atoms with van der Waals surface area (Å²) in [6.45, 7) is 5.73. The Morgan fingerprint density at radius 1 is 1.19 bits per heavy atom. The van der Waals surface area contributed by atoms with E-state index in [4.69, 9.17) is 17.0 Å². The first-order valence-electron chi connectivity index (χ1n) is 8.15. The number of carbonyl (C=O) groups excluding carboxylic acids is 1. The van der Waals surface area contributed by atoms with Gasteiger partial charge < -0.3 is 20.1 Å². The molecule has 1 atom stereocenters. The Bertz CT molecular complexity index is 740. The maximum Gasteiger partial charge on any atom is 0.387 e. The molecule has 5 nitrogen and oxygen atoms in total. The number of hydrogen-bond acceptors (Lipinski definition) is 4. The zero-order valence-corrected chi connectivity index (χ0v) is 16.1. The highest BCUT2D eigenvalue weighted by molar-refractivity contribution is 7.80. The van der Waals surface area contributed by atoms with Gasteiger partial charge in [0.15, 0.2) is 5.11 Å². The molecule has 0 unspecified atom stereocenters. The van der Waals surface area contributed by atoms with Gasteiger partial charge in [-0.15, -0.1) is 0 Å². The Morgan fingerprint density at radius 2 is 1.77 bits per heavy atom. The molecule has 0 aliphatic carbocycles. The number of ether oxygens (including phenoxy) is 2. The van der Waals surface area contributed by atoms with Crippen LogP contribution in [0.3, 0.4) is 0 Å². The van der Waals surface area contributed by atoms with Crippen molar-refractivity contribution in [3.8, 4) is 5.75 Å². The van der Waals surface area contributed by atoms with Crippen LogP contribution in [-0.4, -0.2) is 23.8 Å². The molecule has 0 bridgehead atoms. The summed E-state index contributed by atoms with van der Waals surface area (Å²) >= 11 is 5.20. The van der Waals surface area contributed by atoms with Crippen molar-refractivity contribution in [1.29, 1.82) is 0 Å². The van der Waals surface area contributed by atoms with E-state index in [1.807, 2.05) is 0 Å². The fourth-order valence-corrected chi connectivity index (χ4v) is 3.19. The average Bonchev–Trinajstić information content (AvgIpc) is 2.48. The number of carbonyl (C=O) groups is 1. The van der Waals surface area contributed by atoms with Crippen molar-refractivity contribution in [2.45, 2.75) is 53.4 Å². The molecule has 0 spiro atoms. The minimum absolute atomic E-state index is 0.132. The number of alkyl halides is 2. The summed E-state index contributed by atoms with van der Waals surface area (Å²) in [5.74, 6) is -0.333. The Hall–Kier alpha value is -2.22. The molecule has 1 aliphatic heterocycles. The van der Waals surface area contributed by atoms with Gasteiger partial charge in [0.25, 0.3) is 0 Å². The number of esters is 1. The van der Waals surface area contributed by atoms with Gasteiger partial charge in [0, 0.05) is 5.70 Å². The highest BCUT2D eigenvalue weighted by atomic mass is 32.1. The molecule has 0 saturated carbocycles. The van der Waals surface area contributed by atoms with Gasteiger partial charge in [0.2, 0.25) is 0 Å². The van der Waals surface area contributed by atoms with Crippen LogP contribution in [0.15, 0.2) is 23.4 Å². The van der Waals surface area contributed by atoms with Crippen molar-refractivity contribution in [1.82, 2.24) is 10.6 Å². The summed E-state index contributed by atoms with van der Waals surface area (Å²) in [6.07, 6.45) is -0.275. The van der Waals surface area contributed by atoms with Crippen LogP contribution in [-0.2, 0) is 9.53 Å². The van der Waals surface area contributed by atoms with Crippen LogP contribution < -0.4 is 15.4 Å². The summed E-state index contributed by atoms with van der Waals surface area (Å²) in [5, 5.41) is 6.35. The predicted molar refractivity (Wildman–Crippen MR) is 98.1 cm³/mol. The monoisotopic (exact) mass is 384 g/mol. The van der Waals surface area contributed by atoms with E-state index in [1.165, 1.54) is 0 Å². The third-order valence-electron chi connectivity index (χ3n) is 3.85. The smallest absolute Gasteiger partial charge is 0.387 e. The molecule has 0 amide bonds. The minimum atomic E-state index is -2.90. The predicted octanol–water partition coefficient (Wildman–Crippen LogP) is 3.65. The van der Waals surface area contributed by atoms with Crippen molar-refractivity contribution in [2.24, 2.45) is 0 Å². The van der Waals surface area contributed by atoms with Crippen LogP contribution in [0.2, 0.25) is 0 Å². The second-order valence-electron chi connectivity index (χ2n) is 6.39. The van der Waals surface area contributed by atoms with Crippen molar-refractivity contribution < 1.29 is 23.0 Å². The highest BCUT2D eigenvalue weighted by Gasteiger charge is 2.32. The molecule has 1 aliphatic rings. The molecule has 2 N–H and O–H groups in total. The van der Waals surface area contributed by atoms with Crippen molar-refractivity contribution in [3.05, 3.63) is 40.1 Å². The molecule has 8 heteroatoms. The second kappa shape index (κ2) is 7.99. The Balaban J connectivity index is 2.48. The number of nitrogens with one attached hydrogen (secondary N) is 2. The lowest BCUT2D eigenvalue weighted by Gasteiger charge is -2.31. The van der Waals surface area contributed by atoms with Gasteiger partial charge in [-0.25, -0.2) is 4.79 Å². The van der Waals surface area contributed by atoms with Crippen molar-refractivity contribution in [2.75, 3.05) is 0 Å². The molecule has 142 valence electrons. The van der Waals surface area contributed by atoms with E-state index in [0.29, 0.717) is 33.1 Å². The minimum Gasteiger partial charge on any atom is -0.459 e. The van der Waals surface area contributed by atoms with Gasteiger partial charge in [-0.1, -0.05) is 0 Å². The van der Waals surface area contributed by atoms with Crippen LogP contribution in [0, 0.1) is 13.8 Å². The van der Waals surface area contributed by atoms with Crippen molar-refractivity contribution >= 4 is 23.3 Å². The van der Waals surface area contributed by atoms with Crippen LogP contribution in [0.5, 0.6) is 5.75 Å². The van der Waals surface area contributed by atoms with E-state index >= 15 is 0 Å². The van der Waals surface area contributed by atoms with Crippen LogP contribution in [0.4, 0.5) is 8.78 Å². The van der Waals surface area contributed by atoms with Gasteiger partial charge in [-0.3, -0.25) is 0 Å². The number of rotatable bonds is 5. The van der Waals surface area contributed by atoms with Gasteiger partial charge >= 0.3 is 12.6 Å². The standard InChI is InChI=1S/C18H22F2N2O3S/c1-8(2)24-16(23)13-11(5)21-18(26)22-14(13)12-6-9(3)15(10(4)7-12)25-17(19)20/h6-8,14,17H,1-5H3,(H2,21,22,26)/t14-/m1/s1. The molecule has 1 heterocycles. The maximum absolute atomic E-state index is 12.6. The van der Waals surface area contributed by atoms with E-state index in [0.717, 1.165) is 0 Å². The van der Waals surface area contributed by atoms with E-state index in [9.17, 15) is 13.6 Å². The van der Waals surface area contributed by atoms with E-state index in [2.05, 4.69) is 15.4 Å². The number of aryl methyl sites for hydroxylation is 2. The largest absolute Gasteiger partial charge is 0.459 e. The zero-order valence-electron chi connectivity index (χ0n) is 15.3. The van der Waals surface area contributed by atoms with Crippen LogP contribution in [0.1, 0.15) is 43.5 Å². The number of hydrogen-bond donors (Lipinski definition) is 2. The summed E-state index contributed by atoms with van der Waals surface area (Å²) in [5.41, 5.74) is 2.78.